The second-order valence-corrected chi connectivity index (χ2v) is 6.07. The summed E-state index contributed by atoms with van der Waals surface area (Å²) in [6.07, 6.45) is -0.989. The molecule has 25 heavy (non-hydrogen) atoms. The van der Waals surface area contributed by atoms with Gasteiger partial charge in [0.2, 0.25) is 6.17 Å². The van der Waals surface area contributed by atoms with Gasteiger partial charge in [0.15, 0.2) is 0 Å². The number of benzene rings is 2. The molecule has 0 saturated heterocycles. The first-order chi connectivity index (χ1) is 11.9. The fraction of sp³-hybridized carbons (Fsp3) is 0.211. The summed E-state index contributed by atoms with van der Waals surface area (Å²) in [6.45, 7) is 5.69. The van der Waals surface area contributed by atoms with Gasteiger partial charge in [-0.1, -0.05) is 30.3 Å². The number of urea groups is 1. The van der Waals surface area contributed by atoms with Crippen LogP contribution >= 0.6 is 0 Å². The Morgan fingerprint density at radius 1 is 1.12 bits per heavy atom. The Kier molecular flexibility index (Phi) is 4.52. The number of nitrogens with one attached hydrogen (secondary N) is 3. The molecule has 0 saturated carbocycles. The molecule has 0 aliphatic carbocycles. The Morgan fingerprint density at radius 2 is 1.88 bits per heavy atom. The lowest BCUT2D eigenvalue weighted by atomic mass is 10.0. The Morgan fingerprint density at radius 3 is 2.64 bits per heavy atom. The predicted octanol–water partition coefficient (Wildman–Crippen LogP) is 3.21. The van der Waals surface area contributed by atoms with Gasteiger partial charge in [-0.3, -0.25) is 9.79 Å². The number of nitrogens with zero attached hydrogens (tertiary/aromatic N) is 1. The fourth-order valence-electron chi connectivity index (χ4n) is 2.76. The number of aliphatic imine (C=N–C) groups is 1. The number of carbonyl (C=O) groups is 2. The van der Waals surface area contributed by atoms with E-state index in [0.717, 1.165) is 22.4 Å². The van der Waals surface area contributed by atoms with Crippen LogP contribution in [-0.2, 0) is 4.79 Å². The van der Waals surface area contributed by atoms with E-state index in [-0.39, 0.29) is 5.91 Å². The standard InChI is InChI=1S/C19H20N4O2/c1-11-6-4-8-14(10-11)21-19(25)23-17-18(24)22-16-12(2)7-5-9-15(16)13(3)20-17/h4-10,17H,1-3H3,(H,22,24)(H2,21,23,25). The van der Waals surface area contributed by atoms with Gasteiger partial charge in [-0.2, -0.15) is 0 Å². The monoisotopic (exact) mass is 336 g/mol. The number of fused-ring (bicyclic) bond motifs is 1. The van der Waals surface area contributed by atoms with Gasteiger partial charge in [0.25, 0.3) is 5.91 Å². The number of carbonyl (C=O) groups excluding carboxylic acids is 2. The summed E-state index contributed by atoms with van der Waals surface area (Å²) in [5.41, 5.74) is 4.92. The number of hydrogen-bond acceptors (Lipinski definition) is 3. The molecule has 0 bridgehead atoms. The minimum Gasteiger partial charge on any atom is -0.322 e. The minimum atomic E-state index is -0.989. The lowest BCUT2D eigenvalue weighted by molar-refractivity contribution is -0.117. The second kappa shape index (κ2) is 6.76. The molecule has 0 aromatic heterocycles. The zero-order valence-electron chi connectivity index (χ0n) is 14.4. The van der Waals surface area contributed by atoms with Crippen LogP contribution in [-0.4, -0.2) is 23.8 Å². The third kappa shape index (κ3) is 3.68. The molecule has 0 radical (unpaired) electrons. The molecule has 1 atom stereocenters. The first-order valence-electron chi connectivity index (χ1n) is 8.03. The zero-order valence-corrected chi connectivity index (χ0v) is 14.4. The van der Waals surface area contributed by atoms with Gasteiger partial charge in [0.1, 0.15) is 0 Å². The van der Waals surface area contributed by atoms with Gasteiger partial charge in [0, 0.05) is 17.0 Å². The summed E-state index contributed by atoms with van der Waals surface area (Å²) in [5, 5.41) is 8.18. The summed E-state index contributed by atoms with van der Waals surface area (Å²) >= 11 is 0. The molecular weight excluding hydrogens is 316 g/mol. The summed E-state index contributed by atoms with van der Waals surface area (Å²) in [7, 11) is 0. The van der Waals surface area contributed by atoms with Crippen LogP contribution in [0, 0.1) is 13.8 Å². The molecule has 3 N–H and O–H groups in total. The van der Waals surface area contributed by atoms with Crippen LogP contribution in [0.5, 0.6) is 0 Å². The van der Waals surface area contributed by atoms with Gasteiger partial charge >= 0.3 is 6.03 Å². The highest BCUT2D eigenvalue weighted by Crippen LogP contribution is 2.24. The molecule has 2 aromatic rings. The van der Waals surface area contributed by atoms with E-state index in [4.69, 9.17) is 0 Å². The van der Waals surface area contributed by atoms with Crippen molar-refractivity contribution >= 4 is 29.0 Å². The van der Waals surface area contributed by atoms with Crippen molar-refractivity contribution in [3.05, 3.63) is 59.2 Å². The van der Waals surface area contributed by atoms with E-state index in [1.165, 1.54) is 0 Å². The van der Waals surface area contributed by atoms with Gasteiger partial charge in [0.05, 0.1) is 5.69 Å². The van der Waals surface area contributed by atoms with Gasteiger partial charge in [-0.05, 0) is 44.0 Å². The van der Waals surface area contributed by atoms with E-state index < -0.39 is 12.2 Å². The highest BCUT2D eigenvalue weighted by molar-refractivity contribution is 6.12. The van der Waals surface area contributed by atoms with Gasteiger partial charge in [-0.25, -0.2) is 4.79 Å². The van der Waals surface area contributed by atoms with Crippen molar-refractivity contribution in [3.8, 4) is 0 Å². The molecule has 1 heterocycles. The first kappa shape index (κ1) is 16.7. The van der Waals surface area contributed by atoms with Crippen LogP contribution in [0.2, 0.25) is 0 Å². The summed E-state index contributed by atoms with van der Waals surface area (Å²) in [5.74, 6) is -0.369. The first-order valence-corrected chi connectivity index (χ1v) is 8.03. The van der Waals surface area contributed by atoms with Crippen molar-refractivity contribution in [2.24, 2.45) is 4.99 Å². The number of para-hydroxylation sites is 1. The van der Waals surface area contributed by atoms with Crippen molar-refractivity contribution in [1.82, 2.24) is 5.32 Å². The highest BCUT2D eigenvalue weighted by Gasteiger charge is 2.25. The van der Waals surface area contributed by atoms with E-state index >= 15 is 0 Å². The molecule has 1 aliphatic rings. The van der Waals surface area contributed by atoms with Gasteiger partial charge < -0.3 is 16.0 Å². The average Bonchev–Trinajstić information content (AvgIpc) is 2.66. The smallest absolute Gasteiger partial charge is 0.321 e. The van der Waals surface area contributed by atoms with Crippen LogP contribution in [0.3, 0.4) is 0 Å². The zero-order chi connectivity index (χ0) is 18.0. The highest BCUT2D eigenvalue weighted by atomic mass is 16.2. The maximum absolute atomic E-state index is 12.5. The van der Waals surface area contributed by atoms with Crippen LogP contribution in [0.1, 0.15) is 23.6 Å². The normalized spacial score (nSPS) is 16.2. The lowest BCUT2D eigenvalue weighted by Gasteiger charge is -2.14. The molecule has 2 aromatic carbocycles. The van der Waals surface area contributed by atoms with E-state index in [1.54, 1.807) is 6.07 Å². The topological polar surface area (TPSA) is 82.6 Å². The fourth-order valence-corrected chi connectivity index (χ4v) is 2.76. The van der Waals surface area contributed by atoms with Crippen LogP contribution in [0.4, 0.5) is 16.2 Å². The molecule has 3 rings (SSSR count). The van der Waals surface area contributed by atoms with E-state index in [0.29, 0.717) is 11.4 Å². The average molecular weight is 336 g/mol. The molecule has 0 fully saturated rings. The molecule has 1 aliphatic heterocycles. The van der Waals surface area contributed by atoms with E-state index in [9.17, 15) is 9.59 Å². The number of aryl methyl sites for hydroxylation is 2. The molecule has 1 unspecified atom stereocenters. The van der Waals surface area contributed by atoms with Crippen molar-refractivity contribution < 1.29 is 9.59 Å². The Labute approximate surface area is 146 Å². The van der Waals surface area contributed by atoms with E-state index in [1.807, 2.05) is 57.2 Å². The van der Waals surface area contributed by atoms with Gasteiger partial charge in [-0.15, -0.1) is 0 Å². The van der Waals surface area contributed by atoms with Crippen LogP contribution < -0.4 is 16.0 Å². The van der Waals surface area contributed by atoms with Crippen molar-refractivity contribution in [2.75, 3.05) is 10.6 Å². The Hall–Kier alpha value is -3.15. The summed E-state index contributed by atoms with van der Waals surface area (Å²) in [6, 6.07) is 12.7. The number of anilines is 2. The van der Waals surface area contributed by atoms with Crippen molar-refractivity contribution in [2.45, 2.75) is 26.9 Å². The predicted molar refractivity (Wildman–Crippen MR) is 99.1 cm³/mol. The second-order valence-electron chi connectivity index (χ2n) is 6.07. The summed E-state index contributed by atoms with van der Waals surface area (Å²) in [4.78, 5) is 29.1. The molecular formula is C19H20N4O2. The van der Waals surface area contributed by atoms with E-state index in [2.05, 4.69) is 20.9 Å². The van der Waals surface area contributed by atoms with Crippen molar-refractivity contribution in [1.29, 1.82) is 0 Å². The molecule has 6 nitrogen and oxygen atoms in total. The quantitative estimate of drug-likeness (QED) is 0.787. The van der Waals surface area contributed by atoms with Crippen molar-refractivity contribution in [3.63, 3.8) is 0 Å². The molecule has 6 heteroatoms. The molecule has 128 valence electrons. The molecule has 3 amide bonds. The number of rotatable bonds is 2. The number of hydrogen-bond donors (Lipinski definition) is 3. The maximum Gasteiger partial charge on any atom is 0.321 e. The van der Waals surface area contributed by atoms with Crippen LogP contribution in [0.25, 0.3) is 0 Å². The number of benzodiazepines with no additional fused rings is 1. The largest absolute Gasteiger partial charge is 0.322 e. The SMILES string of the molecule is CC1=NC(NC(=O)Nc2cccc(C)c2)C(=O)Nc2c(C)cccc21. The Bertz CT molecular complexity index is 873. The number of amides is 3. The Balaban J connectivity index is 1.77. The maximum atomic E-state index is 12.5. The van der Waals surface area contributed by atoms with Crippen LogP contribution in [0.15, 0.2) is 47.5 Å². The lowest BCUT2D eigenvalue weighted by Crippen LogP contribution is -2.44. The molecule has 0 spiro atoms. The third-order valence-electron chi connectivity index (χ3n) is 4.03. The minimum absolute atomic E-state index is 0.369. The summed E-state index contributed by atoms with van der Waals surface area (Å²) < 4.78 is 0. The third-order valence-corrected chi connectivity index (χ3v) is 4.03.